The molecule has 106 valence electrons. The predicted octanol–water partition coefficient (Wildman–Crippen LogP) is 0.511. The molecule has 6 nitrogen and oxygen atoms in total. The highest BCUT2D eigenvalue weighted by molar-refractivity contribution is 5.99. The van der Waals surface area contributed by atoms with Crippen molar-refractivity contribution >= 4 is 11.6 Å². The highest BCUT2D eigenvalue weighted by atomic mass is 16.5. The Kier molecular flexibility index (Phi) is 5.72. The third-order valence-electron chi connectivity index (χ3n) is 2.73. The van der Waals surface area contributed by atoms with Gasteiger partial charge in [0.05, 0.1) is 24.0 Å². The van der Waals surface area contributed by atoms with Crippen LogP contribution in [0.4, 0.5) is 5.69 Å². The van der Waals surface area contributed by atoms with E-state index in [0.717, 1.165) is 11.4 Å². The average Bonchev–Trinajstić information content (AvgIpc) is 2.37. The Balaban J connectivity index is 2.82. The van der Waals surface area contributed by atoms with Crippen molar-refractivity contribution in [3.8, 4) is 0 Å². The second-order valence-corrected chi connectivity index (χ2v) is 4.42. The molecule has 0 saturated carbocycles. The van der Waals surface area contributed by atoms with Gasteiger partial charge in [-0.2, -0.15) is 0 Å². The lowest BCUT2D eigenvalue weighted by Crippen LogP contribution is -2.36. The number of carbonyl (C=O) groups excluding carboxylic acids is 1. The number of aliphatic hydroxyl groups is 1. The summed E-state index contributed by atoms with van der Waals surface area (Å²) < 4.78 is 4.84. The predicted molar refractivity (Wildman–Crippen MR) is 73.4 cm³/mol. The number of methoxy groups -OCH3 is 1. The molecule has 0 aliphatic heterocycles. The van der Waals surface area contributed by atoms with Crippen molar-refractivity contribution in [3.63, 3.8) is 0 Å². The molecule has 1 rings (SSSR count). The lowest BCUT2D eigenvalue weighted by atomic mass is 10.2. The van der Waals surface area contributed by atoms with Gasteiger partial charge in [0.25, 0.3) is 5.91 Å². The van der Waals surface area contributed by atoms with Gasteiger partial charge in [0.1, 0.15) is 0 Å². The quantitative estimate of drug-likeness (QED) is 0.785. The van der Waals surface area contributed by atoms with E-state index in [1.807, 2.05) is 13.0 Å². The first-order valence-corrected chi connectivity index (χ1v) is 6.06. The van der Waals surface area contributed by atoms with Crippen LogP contribution >= 0.6 is 0 Å². The van der Waals surface area contributed by atoms with Gasteiger partial charge >= 0.3 is 0 Å². The van der Waals surface area contributed by atoms with E-state index in [9.17, 15) is 9.90 Å². The maximum absolute atomic E-state index is 12.3. The smallest absolute Gasteiger partial charge is 0.257 e. The van der Waals surface area contributed by atoms with Crippen LogP contribution in [0.25, 0.3) is 0 Å². The van der Waals surface area contributed by atoms with E-state index in [-0.39, 0.29) is 19.1 Å². The van der Waals surface area contributed by atoms with Crippen LogP contribution < -0.4 is 5.32 Å². The summed E-state index contributed by atoms with van der Waals surface area (Å²) in [5, 5.41) is 12.6. The molecule has 1 aromatic rings. The first-order chi connectivity index (χ1) is 8.99. The van der Waals surface area contributed by atoms with Crippen LogP contribution in [0.2, 0.25) is 0 Å². The fourth-order valence-electron chi connectivity index (χ4n) is 1.79. The van der Waals surface area contributed by atoms with E-state index in [0.29, 0.717) is 5.56 Å². The maximum Gasteiger partial charge on any atom is 0.257 e. The molecule has 0 spiro atoms. The number of hydrogen-bond acceptors (Lipinski definition) is 5. The Morgan fingerprint density at radius 2 is 2.32 bits per heavy atom. The van der Waals surface area contributed by atoms with Gasteiger partial charge in [-0.05, 0) is 13.0 Å². The summed E-state index contributed by atoms with van der Waals surface area (Å²) in [6.07, 6.45) is 0.846. The first kappa shape index (κ1) is 15.4. The van der Waals surface area contributed by atoms with Crippen molar-refractivity contribution in [1.82, 2.24) is 9.88 Å². The van der Waals surface area contributed by atoms with E-state index in [1.165, 1.54) is 12.0 Å². The van der Waals surface area contributed by atoms with Crippen molar-refractivity contribution in [2.75, 3.05) is 39.7 Å². The molecular formula is C13H21N3O3. The number of aliphatic hydroxyl groups excluding tert-OH is 1. The molecule has 0 saturated heterocycles. The molecule has 2 N–H and O–H groups in total. The van der Waals surface area contributed by atoms with Crippen LogP contribution in [0.15, 0.2) is 12.3 Å². The van der Waals surface area contributed by atoms with Crippen molar-refractivity contribution in [1.29, 1.82) is 0 Å². The molecule has 0 radical (unpaired) electrons. The molecule has 1 heterocycles. The molecule has 1 unspecified atom stereocenters. The first-order valence-electron chi connectivity index (χ1n) is 6.06. The summed E-state index contributed by atoms with van der Waals surface area (Å²) in [7, 11) is 4.90. The molecular weight excluding hydrogens is 246 g/mol. The summed E-state index contributed by atoms with van der Waals surface area (Å²) >= 11 is 0. The largest absolute Gasteiger partial charge is 0.389 e. The van der Waals surface area contributed by atoms with Gasteiger partial charge < -0.3 is 20.1 Å². The molecule has 6 heteroatoms. The number of carbonyl (C=O) groups is 1. The van der Waals surface area contributed by atoms with Crippen molar-refractivity contribution in [2.45, 2.75) is 13.0 Å². The number of ether oxygens (including phenoxy) is 1. The number of rotatable bonds is 6. The van der Waals surface area contributed by atoms with E-state index in [2.05, 4.69) is 10.3 Å². The Hall–Kier alpha value is -1.66. The molecule has 1 atom stereocenters. The highest BCUT2D eigenvalue weighted by Gasteiger charge is 2.18. The van der Waals surface area contributed by atoms with Gasteiger partial charge in [0, 0.05) is 39.6 Å². The lowest BCUT2D eigenvalue weighted by molar-refractivity contribution is 0.0380. The van der Waals surface area contributed by atoms with Crippen molar-refractivity contribution in [2.24, 2.45) is 0 Å². The van der Waals surface area contributed by atoms with Crippen molar-refractivity contribution in [3.05, 3.63) is 23.5 Å². The van der Waals surface area contributed by atoms with E-state index >= 15 is 0 Å². The van der Waals surface area contributed by atoms with Gasteiger partial charge in [-0.1, -0.05) is 0 Å². The summed E-state index contributed by atoms with van der Waals surface area (Å²) in [5.74, 6) is -0.188. The standard InChI is InChI=1S/C13H21N3O3/c1-9-5-12(14-2)11(6-15-9)13(18)16(3)7-10(17)8-19-4/h5-6,10,17H,7-8H2,1-4H3,(H,14,15). The summed E-state index contributed by atoms with van der Waals surface area (Å²) in [6.45, 7) is 2.27. The number of pyridine rings is 1. The second kappa shape index (κ2) is 7.06. The van der Waals surface area contributed by atoms with Gasteiger partial charge in [0.15, 0.2) is 0 Å². The highest BCUT2D eigenvalue weighted by Crippen LogP contribution is 2.16. The number of amides is 1. The monoisotopic (exact) mass is 267 g/mol. The second-order valence-electron chi connectivity index (χ2n) is 4.42. The zero-order valence-electron chi connectivity index (χ0n) is 11.8. The number of anilines is 1. The minimum Gasteiger partial charge on any atom is -0.389 e. The van der Waals surface area contributed by atoms with E-state index < -0.39 is 6.10 Å². The summed E-state index contributed by atoms with van der Waals surface area (Å²) in [4.78, 5) is 17.9. The number of nitrogens with zero attached hydrogens (tertiary/aromatic N) is 2. The van der Waals surface area contributed by atoms with Crippen LogP contribution in [0.3, 0.4) is 0 Å². The lowest BCUT2D eigenvalue weighted by Gasteiger charge is -2.21. The summed E-state index contributed by atoms with van der Waals surface area (Å²) in [5.41, 5.74) is 2.05. The minimum atomic E-state index is -0.699. The van der Waals surface area contributed by atoms with E-state index in [4.69, 9.17) is 4.74 Å². The molecule has 0 aliphatic rings. The average molecular weight is 267 g/mol. The Labute approximate surface area is 113 Å². The molecule has 0 aromatic carbocycles. The zero-order valence-corrected chi connectivity index (χ0v) is 11.8. The number of aromatic nitrogens is 1. The Morgan fingerprint density at radius 1 is 1.63 bits per heavy atom. The molecule has 0 aliphatic carbocycles. The Morgan fingerprint density at radius 3 is 2.89 bits per heavy atom. The van der Waals surface area contributed by atoms with Crippen LogP contribution in [-0.4, -0.2) is 61.4 Å². The topological polar surface area (TPSA) is 74.7 Å². The molecule has 0 fully saturated rings. The van der Waals surface area contributed by atoms with E-state index in [1.54, 1.807) is 20.3 Å². The fourth-order valence-corrected chi connectivity index (χ4v) is 1.79. The third-order valence-corrected chi connectivity index (χ3v) is 2.73. The number of aryl methyl sites for hydroxylation is 1. The Bertz CT molecular complexity index is 437. The molecule has 1 aromatic heterocycles. The normalized spacial score (nSPS) is 12.1. The summed E-state index contributed by atoms with van der Waals surface area (Å²) in [6, 6.07) is 1.81. The SMILES string of the molecule is CNc1cc(C)ncc1C(=O)N(C)CC(O)COC. The number of hydrogen-bond donors (Lipinski definition) is 2. The van der Waals surface area contributed by atoms with Gasteiger partial charge in [0.2, 0.25) is 0 Å². The van der Waals surface area contributed by atoms with Gasteiger partial charge in [-0.3, -0.25) is 9.78 Å². The molecule has 0 bridgehead atoms. The van der Waals surface area contributed by atoms with Crippen LogP contribution in [0.5, 0.6) is 0 Å². The maximum atomic E-state index is 12.3. The third kappa shape index (κ3) is 4.18. The van der Waals surface area contributed by atoms with Gasteiger partial charge in [-0.25, -0.2) is 0 Å². The zero-order chi connectivity index (χ0) is 14.4. The number of likely N-dealkylation sites (N-methyl/N-ethyl adjacent to an activating group) is 1. The molecule has 1 amide bonds. The fraction of sp³-hybridized carbons (Fsp3) is 0.538. The number of nitrogens with one attached hydrogen (secondary N) is 1. The van der Waals surface area contributed by atoms with Gasteiger partial charge in [-0.15, -0.1) is 0 Å². The van der Waals surface area contributed by atoms with Crippen LogP contribution in [0.1, 0.15) is 16.1 Å². The van der Waals surface area contributed by atoms with Crippen LogP contribution in [0, 0.1) is 6.92 Å². The van der Waals surface area contributed by atoms with Crippen molar-refractivity contribution < 1.29 is 14.6 Å². The van der Waals surface area contributed by atoms with Crippen LogP contribution in [-0.2, 0) is 4.74 Å². The molecule has 19 heavy (non-hydrogen) atoms. The minimum absolute atomic E-state index is 0.188.